The highest BCUT2D eigenvalue weighted by atomic mass is 16.6. The van der Waals surface area contributed by atoms with Crippen molar-refractivity contribution in [3.05, 3.63) is 60.2 Å². The molecule has 4 rings (SSSR count). The van der Waals surface area contributed by atoms with Crippen LogP contribution in [0.5, 0.6) is 0 Å². The second-order valence-electron chi connectivity index (χ2n) is 6.09. The third kappa shape index (κ3) is 3.42. The molecular formula is C19H20N4O2. The van der Waals surface area contributed by atoms with E-state index >= 15 is 0 Å². The number of anilines is 1. The van der Waals surface area contributed by atoms with Gasteiger partial charge in [0.2, 0.25) is 5.95 Å². The number of rotatable bonds is 3. The summed E-state index contributed by atoms with van der Waals surface area (Å²) in [6, 6.07) is 17.7. The lowest BCUT2D eigenvalue weighted by molar-refractivity contribution is 0.0941. The maximum absolute atomic E-state index is 12.2. The van der Waals surface area contributed by atoms with Gasteiger partial charge in [0.25, 0.3) is 0 Å². The van der Waals surface area contributed by atoms with E-state index < -0.39 is 0 Å². The predicted molar refractivity (Wildman–Crippen MR) is 96.5 cm³/mol. The first-order valence-electron chi connectivity index (χ1n) is 8.45. The number of aromatic nitrogens is 2. The number of nitrogens with zero attached hydrogens (tertiary/aromatic N) is 3. The van der Waals surface area contributed by atoms with Gasteiger partial charge in [-0.2, -0.15) is 0 Å². The number of imidazole rings is 1. The summed E-state index contributed by atoms with van der Waals surface area (Å²) in [7, 11) is 0. The van der Waals surface area contributed by atoms with E-state index in [-0.39, 0.29) is 6.09 Å². The summed E-state index contributed by atoms with van der Waals surface area (Å²) in [5, 5.41) is 0. The number of carbonyl (C=O) groups excluding carboxylic acids is 1. The molecule has 0 atom stereocenters. The number of fused-ring (bicyclic) bond motifs is 1. The van der Waals surface area contributed by atoms with Crippen LogP contribution in [0.1, 0.15) is 5.56 Å². The smallest absolute Gasteiger partial charge is 0.410 e. The lowest BCUT2D eigenvalue weighted by Crippen LogP contribution is -2.49. The number of amides is 1. The van der Waals surface area contributed by atoms with E-state index in [1.165, 1.54) is 0 Å². The van der Waals surface area contributed by atoms with E-state index in [0.29, 0.717) is 19.7 Å². The zero-order valence-electron chi connectivity index (χ0n) is 13.9. The number of para-hydroxylation sites is 2. The highest BCUT2D eigenvalue weighted by Gasteiger charge is 2.23. The normalized spacial score (nSPS) is 14.7. The molecular weight excluding hydrogens is 316 g/mol. The number of aromatic amines is 1. The van der Waals surface area contributed by atoms with Crippen molar-refractivity contribution in [2.45, 2.75) is 6.61 Å². The summed E-state index contributed by atoms with van der Waals surface area (Å²) >= 11 is 0. The first kappa shape index (κ1) is 15.5. The average Bonchev–Trinajstić information content (AvgIpc) is 3.11. The number of hydrogen-bond donors (Lipinski definition) is 1. The van der Waals surface area contributed by atoms with Crippen LogP contribution in [0, 0.1) is 0 Å². The molecule has 1 aliphatic rings. The van der Waals surface area contributed by atoms with Gasteiger partial charge in [-0.05, 0) is 17.7 Å². The third-order valence-corrected chi connectivity index (χ3v) is 4.42. The summed E-state index contributed by atoms with van der Waals surface area (Å²) in [6.45, 7) is 3.04. The van der Waals surface area contributed by atoms with Crippen molar-refractivity contribution in [2.75, 3.05) is 31.1 Å². The Kier molecular flexibility index (Phi) is 4.24. The number of carbonyl (C=O) groups is 1. The first-order valence-corrected chi connectivity index (χ1v) is 8.45. The number of H-pyrrole nitrogens is 1. The molecule has 1 N–H and O–H groups in total. The summed E-state index contributed by atoms with van der Waals surface area (Å²) < 4.78 is 5.40. The zero-order chi connectivity index (χ0) is 17.1. The topological polar surface area (TPSA) is 61.5 Å². The largest absolute Gasteiger partial charge is 0.445 e. The van der Waals surface area contributed by atoms with Gasteiger partial charge in [0, 0.05) is 26.2 Å². The Morgan fingerprint density at radius 1 is 1.00 bits per heavy atom. The summed E-state index contributed by atoms with van der Waals surface area (Å²) in [5.41, 5.74) is 2.99. The predicted octanol–water partition coefficient (Wildman–Crippen LogP) is 3.02. The van der Waals surface area contributed by atoms with Gasteiger partial charge in [-0.25, -0.2) is 9.78 Å². The molecule has 1 aliphatic heterocycles. The van der Waals surface area contributed by atoms with E-state index in [1.807, 2.05) is 54.6 Å². The molecule has 6 nitrogen and oxygen atoms in total. The maximum atomic E-state index is 12.2. The number of piperazine rings is 1. The van der Waals surface area contributed by atoms with Gasteiger partial charge in [-0.3, -0.25) is 0 Å². The molecule has 0 aliphatic carbocycles. The monoisotopic (exact) mass is 336 g/mol. The van der Waals surface area contributed by atoms with Crippen LogP contribution >= 0.6 is 0 Å². The Morgan fingerprint density at radius 3 is 2.48 bits per heavy atom. The van der Waals surface area contributed by atoms with E-state index in [9.17, 15) is 4.79 Å². The van der Waals surface area contributed by atoms with Crippen molar-refractivity contribution in [2.24, 2.45) is 0 Å². The Bertz CT molecular complexity index is 821. The van der Waals surface area contributed by atoms with Gasteiger partial charge in [0.1, 0.15) is 6.61 Å². The fourth-order valence-electron chi connectivity index (χ4n) is 3.00. The average molecular weight is 336 g/mol. The minimum Gasteiger partial charge on any atom is -0.445 e. The molecule has 3 aromatic rings. The van der Waals surface area contributed by atoms with Crippen LogP contribution in [0.4, 0.5) is 10.7 Å². The lowest BCUT2D eigenvalue weighted by Gasteiger charge is -2.33. The van der Waals surface area contributed by atoms with Crippen LogP contribution in [0.15, 0.2) is 54.6 Å². The number of nitrogens with one attached hydrogen (secondary N) is 1. The minimum atomic E-state index is -0.256. The Balaban J connectivity index is 1.32. The van der Waals surface area contributed by atoms with E-state index in [0.717, 1.165) is 35.6 Å². The number of hydrogen-bond acceptors (Lipinski definition) is 4. The molecule has 1 saturated heterocycles. The first-order chi connectivity index (χ1) is 12.3. The molecule has 0 radical (unpaired) electrons. The molecule has 1 fully saturated rings. The van der Waals surface area contributed by atoms with E-state index in [2.05, 4.69) is 14.9 Å². The molecule has 25 heavy (non-hydrogen) atoms. The highest BCUT2D eigenvalue weighted by Crippen LogP contribution is 2.18. The standard InChI is InChI=1S/C19H20N4O2/c24-19(25-14-15-6-2-1-3-7-15)23-12-10-22(11-13-23)18-20-16-8-4-5-9-17(16)21-18/h1-9H,10-14H2,(H,20,21). The lowest BCUT2D eigenvalue weighted by atomic mass is 10.2. The van der Waals surface area contributed by atoms with Gasteiger partial charge in [-0.15, -0.1) is 0 Å². The van der Waals surface area contributed by atoms with Gasteiger partial charge in [-0.1, -0.05) is 42.5 Å². The summed E-state index contributed by atoms with van der Waals surface area (Å²) in [4.78, 5) is 24.1. The van der Waals surface area contributed by atoms with Crippen LogP contribution in [-0.4, -0.2) is 47.1 Å². The number of ether oxygens (including phenoxy) is 1. The third-order valence-electron chi connectivity index (χ3n) is 4.42. The van der Waals surface area contributed by atoms with Gasteiger partial charge in [0.15, 0.2) is 0 Å². The number of benzene rings is 2. The van der Waals surface area contributed by atoms with Crippen molar-refractivity contribution in [3.63, 3.8) is 0 Å². The molecule has 0 spiro atoms. The van der Waals surface area contributed by atoms with Crippen LogP contribution in [0.2, 0.25) is 0 Å². The van der Waals surface area contributed by atoms with E-state index in [1.54, 1.807) is 4.90 Å². The Labute approximate surface area is 146 Å². The quantitative estimate of drug-likeness (QED) is 0.799. The van der Waals surface area contributed by atoms with E-state index in [4.69, 9.17) is 4.74 Å². The van der Waals surface area contributed by atoms with Crippen molar-refractivity contribution in [3.8, 4) is 0 Å². The van der Waals surface area contributed by atoms with Gasteiger partial charge in [0.05, 0.1) is 11.0 Å². The minimum absolute atomic E-state index is 0.256. The molecule has 2 aromatic carbocycles. The summed E-state index contributed by atoms with van der Waals surface area (Å²) in [6.07, 6.45) is -0.256. The molecule has 1 amide bonds. The molecule has 0 unspecified atom stereocenters. The second kappa shape index (κ2) is 6.84. The van der Waals surface area contributed by atoms with Crippen LogP contribution in [-0.2, 0) is 11.3 Å². The fourth-order valence-corrected chi connectivity index (χ4v) is 3.00. The van der Waals surface area contributed by atoms with Crippen molar-refractivity contribution >= 4 is 23.1 Å². The Morgan fingerprint density at radius 2 is 1.72 bits per heavy atom. The maximum Gasteiger partial charge on any atom is 0.410 e. The highest BCUT2D eigenvalue weighted by molar-refractivity contribution is 5.77. The zero-order valence-corrected chi connectivity index (χ0v) is 13.9. The van der Waals surface area contributed by atoms with Crippen molar-refractivity contribution in [1.29, 1.82) is 0 Å². The Hall–Kier alpha value is -3.02. The van der Waals surface area contributed by atoms with Crippen LogP contribution in [0.3, 0.4) is 0 Å². The van der Waals surface area contributed by atoms with Crippen molar-refractivity contribution < 1.29 is 9.53 Å². The fraction of sp³-hybridized carbons (Fsp3) is 0.263. The molecule has 2 heterocycles. The molecule has 128 valence electrons. The van der Waals surface area contributed by atoms with Gasteiger partial charge < -0.3 is 19.5 Å². The SMILES string of the molecule is O=C(OCc1ccccc1)N1CCN(c2nc3ccccc3[nH]2)CC1. The molecule has 6 heteroatoms. The molecule has 0 saturated carbocycles. The van der Waals surface area contributed by atoms with Crippen molar-refractivity contribution in [1.82, 2.24) is 14.9 Å². The molecule has 0 bridgehead atoms. The second-order valence-corrected chi connectivity index (χ2v) is 6.09. The molecule has 1 aromatic heterocycles. The van der Waals surface area contributed by atoms with Gasteiger partial charge >= 0.3 is 6.09 Å². The van der Waals surface area contributed by atoms with Crippen LogP contribution < -0.4 is 4.90 Å². The van der Waals surface area contributed by atoms with Crippen LogP contribution in [0.25, 0.3) is 11.0 Å². The summed E-state index contributed by atoms with van der Waals surface area (Å²) in [5.74, 6) is 0.860.